The topological polar surface area (TPSA) is 43.4 Å². The Bertz CT molecular complexity index is 478. The van der Waals surface area contributed by atoms with Gasteiger partial charge in [0.1, 0.15) is 5.75 Å². The third-order valence-electron chi connectivity index (χ3n) is 2.27. The molecule has 0 atom stereocenters. The second kappa shape index (κ2) is 5.20. The molecule has 0 bridgehead atoms. The SMILES string of the molecule is CCOc1cc(C(C)=O)c(C=O)c(C(F)(F)F)c1. The number of hydrogen-bond acceptors (Lipinski definition) is 3. The molecule has 0 amide bonds. The Morgan fingerprint density at radius 3 is 2.39 bits per heavy atom. The molecule has 0 aliphatic rings. The third kappa shape index (κ3) is 2.88. The Labute approximate surface area is 102 Å². The summed E-state index contributed by atoms with van der Waals surface area (Å²) in [4.78, 5) is 22.1. The smallest absolute Gasteiger partial charge is 0.417 e. The molecule has 18 heavy (non-hydrogen) atoms. The zero-order valence-corrected chi connectivity index (χ0v) is 9.80. The fourth-order valence-corrected chi connectivity index (χ4v) is 1.53. The maximum Gasteiger partial charge on any atom is 0.417 e. The van der Waals surface area contributed by atoms with Gasteiger partial charge in [-0.3, -0.25) is 9.59 Å². The Hall–Kier alpha value is -1.85. The summed E-state index contributed by atoms with van der Waals surface area (Å²) in [6.45, 7) is 2.86. The Kier molecular flexibility index (Phi) is 4.11. The Morgan fingerprint density at radius 1 is 1.39 bits per heavy atom. The summed E-state index contributed by atoms with van der Waals surface area (Å²) in [6, 6.07) is 1.87. The van der Waals surface area contributed by atoms with Gasteiger partial charge in [-0.2, -0.15) is 13.2 Å². The van der Waals surface area contributed by atoms with E-state index < -0.39 is 23.1 Å². The van der Waals surface area contributed by atoms with Crippen LogP contribution in [0.1, 0.15) is 40.1 Å². The highest BCUT2D eigenvalue weighted by molar-refractivity contribution is 6.02. The normalized spacial score (nSPS) is 11.2. The van der Waals surface area contributed by atoms with E-state index in [2.05, 4.69) is 0 Å². The van der Waals surface area contributed by atoms with Gasteiger partial charge in [-0.15, -0.1) is 0 Å². The van der Waals surface area contributed by atoms with Crippen LogP contribution in [0.5, 0.6) is 5.75 Å². The van der Waals surface area contributed by atoms with Crippen LogP contribution in [0.2, 0.25) is 0 Å². The molecule has 0 aliphatic carbocycles. The van der Waals surface area contributed by atoms with Crippen molar-refractivity contribution in [2.45, 2.75) is 20.0 Å². The summed E-state index contributed by atoms with van der Waals surface area (Å²) in [5, 5.41) is 0. The van der Waals surface area contributed by atoms with Crippen molar-refractivity contribution in [1.29, 1.82) is 0 Å². The molecule has 1 rings (SSSR count). The monoisotopic (exact) mass is 260 g/mol. The van der Waals surface area contributed by atoms with Crippen molar-refractivity contribution in [3.05, 3.63) is 28.8 Å². The number of ketones is 1. The lowest BCUT2D eigenvalue weighted by Gasteiger charge is -2.14. The highest BCUT2D eigenvalue weighted by Crippen LogP contribution is 2.35. The Balaban J connectivity index is 3.56. The number of Topliss-reactive ketones (excluding diaryl/α,β-unsaturated/α-hetero) is 1. The van der Waals surface area contributed by atoms with Crippen LogP contribution in [0.4, 0.5) is 13.2 Å². The van der Waals surface area contributed by atoms with Crippen LogP contribution in [-0.2, 0) is 6.18 Å². The van der Waals surface area contributed by atoms with E-state index in [9.17, 15) is 22.8 Å². The average Bonchev–Trinajstić information content (AvgIpc) is 2.27. The van der Waals surface area contributed by atoms with Crippen LogP contribution >= 0.6 is 0 Å². The van der Waals surface area contributed by atoms with Crippen molar-refractivity contribution >= 4 is 12.1 Å². The van der Waals surface area contributed by atoms with Gasteiger partial charge in [0.2, 0.25) is 0 Å². The number of aldehydes is 1. The lowest BCUT2D eigenvalue weighted by molar-refractivity contribution is -0.138. The van der Waals surface area contributed by atoms with E-state index in [0.29, 0.717) is 0 Å². The van der Waals surface area contributed by atoms with Crippen LogP contribution in [0.25, 0.3) is 0 Å². The number of carbonyl (C=O) groups is 2. The number of halogens is 3. The average molecular weight is 260 g/mol. The van der Waals surface area contributed by atoms with E-state index in [1.165, 1.54) is 0 Å². The number of alkyl halides is 3. The molecule has 3 nitrogen and oxygen atoms in total. The summed E-state index contributed by atoms with van der Waals surface area (Å²) < 4.78 is 43.3. The molecule has 0 aromatic heterocycles. The standard InChI is InChI=1S/C12H11F3O3/c1-3-18-8-4-9(7(2)17)10(6-16)11(5-8)12(13,14)15/h4-6H,3H2,1-2H3. The largest absolute Gasteiger partial charge is 0.494 e. The van der Waals surface area contributed by atoms with E-state index in [1.54, 1.807) is 6.92 Å². The predicted molar refractivity (Wildman–Crippen MR) is 58.0 cm³/mol. The van der Waals surface area contributed by atoms with Gasteiger partial charge < -0.3 is 4.74 Å². The summed E-state index contributed by atoms with van der Waals surface area (Å²) in [6.07, 6.45) is -4.68. The molecule has 0 spiro atoms. The van der Waals surface area contributed by atoms with Crippen molar-refractivity contribution < 1.29 is 27.5 Å². The minimum absolute atomic E-state index is 0.0370. The van der Waals surface area contributed by atoms with Crippen molar-refractivity contribution in [3.8, 4) is 5.75 Å². The van der Waals surface area contributed by atoms with Gasteiger partial charge in [-0.1, -0.05) is 0 Å². The number of ether oxygens (including phenoxy) is 1. The van der Waals surface area contributed by atoms with E-state index in [0.717, 1.165) is 19.1 Å². The fourth-order valence-electron chi connectivity index (χ4n) is 1.53. The minimum Gasteiger partial charge on any atom is -0.494 e. The maximum atomic E-state index is 12.8. The Morgan fingerprint density at radius 2 is 2.00 bits per heavy atom. The summed E-state index contributed by atoms with van der Waals surface area (Å²) in [5.41, 5.74) is -2.10. The predicted octanol–water partition coefficient (Wildman–Crippen LogP) is 3.12. The summed E-state index contributed by atoms with van der Waals surface area (Å²) in [5.74, 6) is -0.704. The molecule has 0 saturated carbocycles. The number of carbonyl (C=O) groups excluding carboxylic acids is 2. The molecule has 0 N–H and O–H groups in total. The van der Waals surface area contributed by atoms with E-state index >= 15 is 0 Å². The molecular weight excluding hydrogens is 249 g/mol. The van der Waals surface area contributed by atoms with E-state index in [4.69, 9.17) is 4.74 Å². The van der Waals surface area contributed by atoms with Crippen molar-refractivity contribution in [2.75, 3.05) is 6.61 Å². The lowest BCUT2D eigenvalue weighted by atomic mass is 9.98. The zero-order chi connectivity index (χ0) is 13.9. The van der Waals surface area contributed by atoms with Crippen LogP contribution in [-0.4, -0.2) is 18.7 Å². The number of rotatable bonds is 4. The summed E-state index contributed by atoms with van der Waals surface area (Å²) in [7, 11) is 0. The minimum atomic E-state index is -4.71. The van der Waals surface area contributed by atoms with Gasteiger partial charge in [0.15, 0.2) is 12.1 Å². The molecule has 1 aromatic rings. The molecule has 0 heterocycles. The van der Waals surface area contributed by atoms with Gasteiger partial charge in [-0.25, -0.2) is 0 Å². The van der Waals surface area contributed by atoms with E-state index in [-0.39, 0.29) is 24.2 Å². The summed E-state index contributed by atoms with van der Waals surface area (Å²) >= 11 is 0. The fraction of sp³-hybridized carbons (Fsp3) is 0.333. The lowest BCUT2D eigenvalue weighted by Crippen LogP contribution is -2.13. The first-order valence-electron chi connectivity index (χ1n) is 5.15. The first-order valence-corrected chi connectivity index (χ1v) is 5.15. The number of benzene rings is 1. The van der Waals surface area contributed by atoms with Crippen molar-refractivity contribution in [2.24, 2.45) is 0 Å². The van der Waals surface area contributed by atoms with Crippen molar-refractivity contribution in [1.82, 2.24) is 0 Å². The highest BCUT2D eigenvalue weighted by atomic mass is 19.4. The zero-order valence-electron chi connectivity index (χ0n) is 9.80. The van der Waals surface area contributed by atoms with Crippen LogP contribution in [0.15, 0.2) is 12.1 Å². The number of hydrogen-bond donors (Lipinski definition) is 0. The molecule has 0 aliphatic heterocycles. The van der Waals surface area contributed by atoms with Crippen LogP contribution in [0, 0.1) is 0 Å². The first-order chi connectivity index (χ1) is 8.31. The van der Waals surface area contributed by atoms with Gasteiger partial charge in [0.25, 0.3) is 0 Å². The highest BCUT2D eigenvalue weighted by Gasteiger charge is 2.35. The molecule has 98 valence electrons. The molecule has 0 fully saturated rings. The van der Waals surface area contributed by atoms with Crippen LogP contribution in [0.3, 0.4) is 0 Å². The van der Waals surface area contributed by atoms with E-state index in [1.807, 2.05) is 0 Å². The van der Waals surface area contributed by atoms with Gasteiger partial charge in [0, 0.05) is 11.1 Å². The molecule has 6 heteroatoms. The molecule has 0 radical (unpaired) electrons. The van der Waals surface area contributed by atoms with Crippen LogP contribution < -0.4 is 4.74 Å². The third-order valence-corrected chi connectivity index (χ3v) is 2.27. The first kappa shape index (κ1) is 14.2. The van der Waals surface area contributed by atoms with Gasteiger partial charge >= 0.3 is 6.18 Å². The molecule has 0 unspecified atom stereocenters. The molecule has 0 saturated heterocycles. The van der Waals surface area contributed by atoms with Crippen molar-refractivity contribution in [3.63, 3.8) is 0 Å². The maximum absolute atomic E-state index is 12.8. The van der Waals surface area contributed by atoms with Gasteiger partial charge in [-0.05, 0) is 26.0 Å². The van der Waals surface area contributed by atoms with Gasteiger partial charge in [0.05, 0.1) is 12.2 Å². The molecular formula is C12H11F3O3. The second-order valence-electron chi connectivity index (χ2n) is 3.54. The quantitative estimate of drug-likeness (QED) is 0.617. The second-order valence-corrected chi connectivity index (χ2v) is 3.54. The molecule has 1 aromatic carbocycles.